The van der Waals surface area contributed by atoms with Crippen molar-refractivity contribution >= 4 is 27.5 Å². The van der Waals surface area contributed by atoms with Gasteiger partial charge >= 0.3 is 0 Å². The van der Waals surface area contributed by atoms with Crippen molar-refractivity contribution in [2.24, 2.45) is 0 Å². The lowest BCUT2D eigenvalue weighted by molar-refractivity contribution is -0.115. The van der Waals surface area contributed by atoms with Crippen molar-refractivity contribution in [3.63, 3.8) is 0 Å². The van der Waals surface area contributed by atoms with Gasteiger partial charge in [0, 0.05) is 10.2 Å². The van der Waals surface area contributed by atoms with Crippen molar-refractivity contribution in [2.75, 3.05) is 5.32 Å². The fourth-order valence-corrected chi connectivity index (χ4v) is 1.26. The predicted molar refractivity (Wildman–Crippen MR) is 56.2 cm³/mol. The molecule has 0 saturated carbocycles. The number of hydrogen-bond donors (Lipinski definition) is 1. The first-order valence-corrected chi connectivity index (χ1v) is 4.50. The normalized spacial score (nSPS) is 8.92. The number of rotatable bonds is 2. The molecule has 2 nitrogen and oxygen atoms in total. The lowest BCUT2D eigenvalue weighted by Gasteiger charge is -2.02. The minimum atomic E-state index is -0.166. The summed E-state index contributed by atoms with van der Waals surface area (Å²) in [5.74, 6) is 2.11. The largest absolute Gasteiger partial charge is 0.325 e. The predicted octanol–water partition coefficient (Wildman–Crippen LogP) is 2.41. The van der Waals surface area contributed by atoms with E-state index in [1.54, 1.807) is 6.07 Å². The van der Waals surface area contributed by atoms with Crippen LogP contribution in [-0.2, 0) is 4.79 Å². The van der Waals surface area contributed by atoms with E-state index in [-0.39, 0.29) is 12.3 Å². The Bertz CT molecular complexity index is 354. The topological polar surface area (TPSA) is 29.1 Å². The molecule has 0 saturated heterocycles. The molecule has 1 N–H and O–H groups in total. The molecule has 1 aromatic carbocycles. The van der Waals surface area contributed by atoms with E-state index in [1.165, 1.54) is 0 Å². The Hall–Kier alpha value is -1.27. The molecule has 3 heteroatoms. The van der Waals surface area contributed by atoms with E-state index in [0.717, 1.165) is 10.2 Å². The number of anilines is 1. The second kappa shape index (κ2) is 4.68. The summed E-state index contributed by atoms with van der Waals surface area (Å²) < 4.78 is 0.922. The zero-order chi connectivity index (χ0) is 9.68. The van der Waals surface area contributed by atoms with E-state index in [2.05, 4.69) is 27.2 Å². The van der Waals surface area contributed by atoms with Gasteiger partial charge in [-0.25, -0.2) is 0 Å². The summed E-state index contributed by atoms with van der Waals surface area (Å²) >= 11 is 3.30. The molecule has 0 spiro atoms. The van der Waals surface area contributed by atoms with Crippen LogP contribution in [0.15, 0.2) is 28.7 Å². The molecule has 0 aliphatic rings. The van der Waals surface area contributed by atoms with Crippen molar-refractivity contribution in [2.45, 2.75) is 6.42 Å². The summed E-state index contributed by atoms with van der Waals surface area (Å²) in [6, 6.07) is 7.35. The smallest absolute Gasteiger partial charge is 0.236 e. The number of carbonyl (C=O) groups is 1. The Labute approximate surface area is 85.5 Å². The van der Waals surface area contributed by atoms with Crippen molar-refractivity contribution in [1.82, 2.24) is 0 Å². The van der Waals surface area contributed by atoms with Crippen LogP contribution in [0.2, 0.25) is 0 Å². The highest BCUT2D eigenvalue weighted by Gasteiger charge is 1.99. The number of hydrogen-bond acceptors (Lipinski definition) is 1. The molecule has 0 bridgehead atoms. The Morgan fingerprint density at radius 3 is 3.00 bits per heavy atom. The van der Waals surface area contributed by atoms with Crippen LogP contribution in [0.4, 0.5) is 5.69 Å². The van der Waals surface area contributed by atoms with Crippen molar-refractivity contribution in [1.29, 1.82) is 0 Å². The molecule has 0 radical (unpaired) electrons. The van der Waals surface area contributed by atoms with Gasteiger partial charge in [0.2, 0.25) is 5.91 Å². The van der Waals surface area contributed by atoms with Crippen LogP contribution >= 0.6 is 15.9 Å². The van der Waals surface area contributed by atoms with Gasteiger partial charge in [-0.05, 0) is 18.2 Å². The summed E-state index contributed by atoms with van der Waals surface area (Å²) in [6.45, 7) is 0. The summed E-state index contributed by atoms with van der Waals surface area (Å²) in [4.78, 5) is 11.1. The summed E-state index contributed by atoms with van der Waals surface area (Å²) in [5.41, 5.74) is 0.745. The maximum atomic E-state index is 11.1. The fourth-order valence-electron chi connectivity index (χ4n) is 0.864. The van der Waals surface area contributed by atoms with Gasteiger partial charge in [0.15, 0.2) is 0 Å². The fraction of sp³-hybridized carbons (Fsp3) is 0.100. The van der Waals surface area contributed by atoms with Crippen molar-refractivity contribution in [3.05, 3.63) is 28.7 Å². The number of carbonyl (C=O) groups excluding carboxylic acids is 1. The molecular weight excluding hydrogens is 230 g/mol. The number of amides is 1. The van der Waals surface area contributed by atoms with Gasteiger partial charge in [-0.3, -0.25) is 4.79 Å². The van der Waals surface area contributed by atoms with E-state index in [0.29, 0.717) is 0 Å². The molecule has 66 valence electrons. The molecule has 0 atom stereocenters. The summed E-state index contributed by atoms with van der Waals surface area (Å²) in [7, 11) is 0. The second-order valence-electron chi connectivity index (χ2n) is 2.44. The van der Waals surface area contributed by atoms with Crippen LogP contribution in [-0.4, -0.2) is 5.91 Å². The van der Waals surface area contributed by atoms with E-state index in [4.69, 9.17) is 6.42 Å². The molecule has 0 unspecified atom stereocenters. The summed E-state index contributed by atoms with van der Waals surface area (Å²) in [6.07, 6.45) is 5.10. The molecule has 1 aromatic rings. The second-order valence-corrected chi connectivity index (χ2v) is 3.36. The standard InChI is InChI=1S/C10H8BrNO/c1-2-4-10(13)12-9-6-3-5-8(11)7-9/h1,3,5-7H,4H2,(H,12,13). The number of nitrogens with one attached hydrogen (secondary N) is 1. The molecular formula is C10H8BrNO. The van der Waals surface area contributed by atoms with Crippen LogP contribution in [0.25, 0.3) is 0 Å². The molecule has 0 fully saturated rings. The molecule has 1 amide bonds. The van der Waals surface area contributed by atoms with Gasteiger partial charge in [0.05, 0.1) is 6.42 Å². The highest BCUT2D eigenvalue weighted by atomic mass is 79.9. The lowest BCUT2D eigenvalue weighted by atomic mass is 10.3. The summed E-state index contributed by atoms with van der Waals surface area (Å²) in [5, 5.41) is 2.67. The van der Waals surface area contributed by atoms with Gasteiger partial charge in [-0.1, -0.05) is 27.9 Å². The Morgan fingerprint density at radius 2 is 2.38 bits per heavy atom. The third kappa shape index (κ3) is 3.30. The molecule has 0 aliphatic heterocycles. The van der Waals surface area contributed by atoms with Crippen LogP contribution in [0, 0.1) is 12.3 Å². The van der Waals surface area contributed by atoms with Gasteiger partial charge in [-0.2, -0.15) is 0 Å². The first-order valence-electron chi connectivity index (χ1n) is 3.71. The van der Waals surface area contributed by atoms with E-state index in [1.807, 2.05) is 18.2 Å². The van der Waals surface area contributed by atoms with E-state index in [9.17, 15) is 4.79 Å². The third-order valence-electron chi connectivity index (χ3n) is 1.37. The molecule has 0 heterocycles. The minimum Gasteiger partial charge on any atom is -0.325 e. The average Bonchev–Trinajstić information content (AvgIpc) is 2.04. The Kier molecular flexibility index (Phi) is 3.53. The highest BCUT2D eigenvalue weighted by molar-refractivity contribution is 9.10. The van der Waals surface area contributed by atoms with Gasteiger partial charge in [0.25, 0.3) is 0 Å². The van der Waals surface area contributed by atoms with Crippen LogP contribution in [0.1, 0.15) is 6.42 Å². The zero-order valence-corrected chi connectivity index (χ0v) is 8.47. The van der Waals surface area contributed by atoms with E-state index < -0.39 is 0 Å². The highest BCUT2D eigenvalue weighted by Crippen LogP contribution is 2.15. The van der Waals surface area contributed by atoms with Crippen molar-refractivity contribution in [3.8, 4) is 12.3 Å². The quantitative estimate of drug-likeness (QED) is 0.787. The molecule has 1 rings (SSSR count). The van der Waals surface area contributed by atoms with Crippen LogP contribution < -0.4 is 5.32 Å². The Balaban J connectivity index is 2.65. The lowest BCUT2D eigenvalue weighted by Crippen LogP contribution is -2.09. The third-order valence-corrected chi connectivity index (χ3v) is 1.86. The van der Waals surface area contributed by atoms with Gasteiger partial charge in [-0.15, -0.1) is 6.42 Å². The minimum absolute atomic E-state index is 0.104. The maximum absolute atomic E-state index is 11.1. The molecule has 13 heavy (non-hydrogen) atoms. The first-order chi connectivity index (χ1) is 6.22. The molecule has 0 aliphatic carbocycles. The first kappa shape index (κ1) is 9.82. The number of halogens is 1. The monoisotopic (exact) mass is 237 g/mol. The average molecular weight is 238 g/mol. The number of benzene rings is 1. The number of terminal acetylenes is 1. The van der Waals surface area contributed by atoms with Gasteiger partial charge in [0.1, 0.15) is 0 Å². The van der Waals surface area contributed by atoms with Crippen LogP contribution in [0.3, 0.4) is 0 Å². The Morgan fingerprint density at radius 1 is 1.62 bits per heavy atom. The SMILES string of the molecule is C#CCC(=O)Nc1cccc(Br)c1. The zero-order valence-electron chi connectivity index (χ0n) is 6.88. The molecule has 0 aromatic heterocycles. The maximum Gasteiger partial charge on any atom is 0.236 e. The van der Waals surface area contributed by atoms with Crippen LogP contribution in [0.5, 0.6) is 0 Å². The van der Waals surface area contributed by atoms with Crippen molar-refractivity contribution < 1.29 is 4.79 Å². The van der Waals surface area contributed by atoms with Gasteiger partial charge < -0.3 is 5.32 Å². The van der Waals surface area contributed by atoms with E-state index >= 15 is 0 Å².